The van der Waals surface area contributed by atoms with E-state index in [1.54, 1.807) is 22.9 Å². The fourth-order valence-electron chi connectivity index (χ4n) is 4.16. The van der Waals surface area contributed by atoms with Crippen molar-refractivity contribution in [3.63, 3.8) is 0 Å². The molecule has 0 fully saturated rings. The normalized spacial score (nSPS) is 14.2. The van der Waals surface area contributed by atoms with Gasteiger partial charge in [0, 0.05) is 25.4 Å². The summed E-state index contributed by atoms with van der Waals surface area (Å²) in [6.07, 6.45) is 3.29. The lowest BCUT2D eigenvalue weighted by Crippen LogP contribution is -2.29. The quantitative estimate of drug-likeness (QED) is 0.340. The van der Waals surface area contributed by atoms with Crippen molar-refractivity contribution in [2.24, 2.45) is 0 Å². The highest BCUT2D eigenvalue weighted by atomic mass is 16.1. The Kier molecular flexibility index (Phi) is 6.14. The molecule has 0 unspecified atom stereocenters. The van der Waals surface area contributed by atoms with Gasteiger partial charge in [0.25, 0.3) is 0 Å². The van der Waals surface area contributed by atoms with Crippen molar-refractivity contribution in [1.29, 1.82) is 0 Å². The van der Waals surface area contributed by atoms with Crippen molar-refractivity contribution in [3.8, 4) is 5.69 Å². The average Bonchev–Trinajstić information content (AvgIpc) is 3.43. The van der Waals surface area contributed by atoms with Gasteiger partial charge in [-0.1, -0.05) is 18.2 Å². The number of anilines is 4. The second kappa shape index (κ2) is 9.57. The van der Waals surface area contributed by atoms with Crippen molar-refractivity contribution in [3.05, 3.63) is 71.4 Å². The van der Waals surface area contributed by atoms with Crippen LogP contribution in [0.15, 0.2) is 60.7 Å². The van der Waals surface area contributed by atoms with Crippen molar-refractivity contribution < 1.29 is 9.59 Å². The van der Waals surface area contributed by atoms with E-state index in [2.05, 4.69) is 25.9 Å². The molecule has 0 radical (unpaired) electrons. The number of para-hydroxylation sites is 2. The van der Waals surface area contributed by atoms with Gasteiger partial charge in [-0.15, -0.1) is 10.2 Å². The van der Waals surface area contributed by atoms with E-state index >= 15 is 0 Å². The van der Waals surface area contributed by atoms with E-state index in [1.807, 2.05) is 73.3 Å². The van der Waals surface area contributed by atoms with Crippen molar-refractivity contribution in [2.45, 2.75) is 0 Å². The second-order valence-corrected chi connectivity index (χ2v) is 8.77. The van der Waals surface area contributed by atoms with Gasteiger partial charge in [-0.05, 0) is 50.5 Å². The Hall–Kier alpha value is -4.99. The Labute approximate surface area is 212 Å². The number of benzene rings is 2. The topological polar surface area (TPSA) is 134 Å². The SMILES string of the molecule is CN(C)C/C=C/C(=O)Nc1ccc(-n2nc3c(=C=O)nnc(N)c3c2=C2Nc3ccccc3N2C)cc1. The largest absolute Gasteiger partial charge is 0.382 e. The van der Waals surface area contributed by atoms with E-state index in [9.17, 15) is 9.59 Å². The maximum atomic E-state index is 12.2. The Bertz CT molecular complexity index is 1680. The average molecular weight is 496 g/mol. The van der Waals surface area contributed by atoms with Crippen LogP contribution in [-0.4, -0.2) is 64.4 Å². The maximum Gasteiger partial charge on any atom is 0.248 e. The van der Waals surface area contributed by atoms with Crippen molar-refractivity contribution in [1.82, 2.24) is 24.9 Å². The number of amides is 1. The Morgan fingerprint density at radius 1 is 1.16 bits per heavy atom. The standard InChI is InChI=1S/C26H25N9O2/c1-33(2)14-6-9-21(37)28-16-10-12-17(13-11-16)35-24(22-23(32-35)19(15-36)30-31-25(22)27)26-29-18-7-4-5-8-20(18)34(26)3/h4-13,29H,14,27H2,1-3H3,(H,28,37)/b9-6+,26-24?. The number of aromatic nitrogens is 4. The molecule has 3 heterocycles. The Morgan fingerprint density at radius 3 is 2.62 bits per heavy atom. The third kappa shape index (κ3) is 4.40. The number of nitrogens with two attached hydrogens (primary N) is 1. The van der Waals surface area contributed by atoms with Gasteiger partial charge < -0.3 is 26.2 Å². The summed E-state index contributed by atoms with van der Waals surface area (Å²) in [6, 6.07) is 15.1. The molecular formula is C26H25N9O2. The predicted octanol–water partition coefficient (Wildman–Crippen LogP) is 0.585. The fourth-order valence-corrected chi connectivity index (χ4v) is 4.16. The lowest BCUT2D eigenvalue weighted by atomic mass is 10.2. The highest BCUT2D eigenvalue weighted by Gasteiger charge is 2.25. The minimum atomic E-state index is -0.221. The number of fused-ring (bicyclic) bond motifs is 2. The van der Waals surface area contributed by atoms with Gasteiger partial charge in [0.2, 0.25) is 5.91 Å². The zero-order chi connectivity index (χ0) is 26.1. The number of nitrogen functional groups attached to an aromatic ring is 1. The molecule has 4 N–H and O–H groups in total. The van der Waals surface area contributed by atoms with Gasteiger partial charge in [0.15, 0.2) is 17.1 Å². The molecule has 11 nitrogen and oxygen atoms in total. The molecule has 4 aromatic rings. The molecule has 1 aliphatic heterocycles. The van der Waals surface area contributed by atoms with E-state index < -0.39 is 0 Å². The first kappa shape index (κ1) is 23.7. The van der Waals surface area contributed by atoms with Gasteiger partial charge in [0.05, 0.1) is 22.4 Å². The van der Waals surface area contributed by atoms with Crippen LogP contribution in [0.25, 0.3) is 22.4 Å². The minimum absolute atomic E-state index is 0.0311. The van der Waals surface area contributed by atoms with Crippen LogP contribution in [0.2, 0.25) is 0 Å². The molecule has 186 valence electrons. The summed E-state index contributed by atoms with van der Waals surface area (Å²) in [6.45, 7) is 0.667. The Balaban J connectivity index is 1.63. The van der Waals surface area contributed by atoms with Crippen LogP contribution in [-0.2, 0) is 9.59 Å². The van der Waals surface area contributed by atoms with Gasteiger partial charge in [0.1, 0.15) is 16.7 Å². The van der Waals surface area contributed by atoms with Gasteiger partial charge >= 0.3 is 0 Å². The molecule has 2 aromatic heterocycles. The zero-order valence-electron chi connectivity index (χ0n) is 20.6. The van der Waals surface area contributed by atoms with Crippen molar-refractivity contribution in [2.75, 3.05) is 49.0 Å². The van der Waals surface area contributed by atoms with Gasteiger partial charge in [-0.2, -0.15) is 5.10 Å². The molecule has 0 atom stereocenters. The lowest BCUT2D eigenvalue weighted by Gasteiger charge is -2.14. The van der Waals surface area contributed by atoms with E-state index in [-0.39, 0.29) is 17.1 Å². The monoisotopic (exact) mass is 495 g/mol. The summed E-state index contributed by atoms with van der Waals surface area (Å²) in [4.78, 5) is 27.8. The highest BCUT2D eigenvalue weighted by Crippen LogP contribution is 2.35. The number of nitrogens with zero attached hydrogens (tertiary/aromatic N) is 6. The molecule has 0 bridgehead atoms. The first-order valence-corrected chi connectivity index (χ1v) is 11.5. The third-order valence-corrected chi connectivity index (χ3v) is 5.92. The third-order valence-electron chi connectivity index (χ3n) is 5.92. The van der Waals surface area contributed by atoms with Crippen molar-refractivity contribution >= 4 is 51.5 Å². The van der Waals surface area contributed by atoms with Crippen LogP contribution >= 0.6 is 0 Å². The summed E-state index contributed by atoms with van der Waals surface area (Å²) in [5.41, 5.74) is 9.75. The maximum absolute atomic E-state index is 12.2. The molecule has 0 saturated carbocycles. The van der Waals surface area contributed by atoms with Crippen LogP contribution in [0.3, 0.4) is 0 Å². The number of rotatable bonds is 5. The molecule has 11 heteroatoms. The number of carbonyl (C=O) groups excluding carboxylic acids is 2. The molecule has 5 rings (SSSR count). The number of nitrogens with one attached hydrogen (secondary N) is 2. The summed E-state index contributed by atoms with van der Waals surface area (Å²) < 4.78 is 1.68. The number of hydrogen-bond acceptors (Lipinski definition) is 9. The predicted molar refractivity (Wildman–Crippen MR) is 143 cm³/mol. The highest BCUT2D eigenvalue weighted by molar-refractivity contribution is 5.99. The van der Waals surface area contributed by atoms with E-state index in [1.165, 1.54) is 6.08 Å². The number of hydrogen-bond donors (Lipinski definition) is 3. The van der Waals surface area contributed by atoms with E-state index in [0.717, 1.165) is 11.4 Å². The van der Waals surface area contributed by atoms with Crippen LogP contribution in [0.5, 0.6) is 0 Å². The molecular weight excluding hydrogens is 470 g/mol. The molecule has 0 saturated heterocycles. The zero-order valence-corrected chi connectivity index (χ0v) is 20.6. The summed E-state index contributed by atoms with van der Waals surface area (Å²) in [5, 5.41) is 19.9. The summed E-state index contributed by atoms with van der Waals surface area (Å²) >= 11 is 0. The lowest BCUT2D eigenvalue weighted by molar-refractivity contribution is -0.111. The van der Waals surface area contributed by atoms with Crippen LogP contribution in [0.4, 0.5) is 22.9 Å². The second-order valence-electron chi connectivity index (χ2n) is 8.77. The first-order valence-electron chi connectivity index (χ1n) is 11.5. The molecule has 1 aliphatic rings. The van der Waals surface area contributed by atoms with Crippen LogP contribution < -0.4 is 32.0 Å². The molecule has 1 amide bonds. The van der Waals surface area contributed by atoms with E-state index in [4.69, 9.17) is 5.73 Å². The molecule has 0 spiro atoms. The van der Waals surface area contributed by atoms with Gasteiger partial charge in [-0.3, -0.25) is 4.79 Å². The van der Waals surface area contributed by atoms with Crippen LogP contribution in [0.1, 0.15) is 0 Å². The number of likely N-dealkylation sites (N-methyl/N-ethyl adjacent to an activating group) is 1. The molecule has 2 aromatic carbocycles. The first-order chi connectivity index (χ1) is 17.9. The minimum Gasteiger partial charge on any atom is -0.382 e. The molecule has 0 aliphatic carbocycles. The smallest absolute Gasteiger partial charge is 0.248 e. The Morgan fingerprint density at radius 2 is 1.92 bits per heavy atom. The number of carbonyl (C=O) groups is 1. The van der Waals surface area contributed by atoms with Gasteiger partial charge in [-0.25, -0.2) is 9.48 Å². The summed E-state index contributed by atoms with van der Waals surface area (Å²) in [7, 11) is 5.79. The summed E-state index contributed by atoms with van der Waals surface area (Å²) in [5.74, 6) is 2.44. The van der Waals surface area contributed by atoms with Crippen LogP contribution in [0, 0.1) is 0 Å². The molecule has 37 heavy (non-hydrogen) atoms. The fraction of sp³-hybridized carbons (Fsp3) is 0.154. The van der Waals surface area contributed by atoms with E-state index in [0.29, 0.717) is 40.0 Å².